The fraction of sp³-hybridized carbons (Fsp3) is 0.182. The zero-order valence-corrected chi connectivity index (χ0v) is 8.61. The second-order valence-corrected chi connectivity index (χ2v) is 3.39. The van der Waals surface area contributed by atoms with E-state index >= 15 is 0 Å². The van der Waals surface area contributed by atoms with Gasteiger partial charge in [0, 0.05) is 23.5 Å². The zero-order valence-electron chi connectivity index (χ0n) is 8.61. The quantitative estimate of drug-likeness (QED) is 0.759. The molecule has 76 valence electrons. The van der Waals surface area contributed by atoms with Crippen molar-refractivity contribution < 1.29 is 0 Å². The van der Waals surface area contributed by atoms with E-state index in [-0.39, 0.29) is 5.56 Å². The van der Waals surface area contributed by atoms with E-state index < -0.39 is 0 Å². The van der Waals surface area contributed by atoms with Crippen LogP contribution < -0.4 is 5.56 Å². The first-order chi connectivity index (χ1) is 7.20. The Balaban J connectivity index is 2.65. The Morgan fingerprint density at radius 1 is 1.27 bits per heavy atom. The predicted octanol–water partition coefficient (Wildman–Crippen LogP) is 1.45. The van der Waals surface area contributed by atoms with Crippen LogP contribution in [0.5, 0.6) is 0 Å². The molecule has 0 aromatic carbocycles. The molecule has 0 aliphatic rings. The van der Waals surface area contributed by atoms with Gasteiger partial charge in [-0.2, -0.15) is 5.10 Å². The zero-order chi connectivity index (χ0) is 10.8. The topological polar surface area (TPSA) is 58.6 Å². The van der Waals surface area contributed by atoms with Gasteiger partial charge in [-0.3, -0.25) is 9.78 Å². The van der Waals surface area contributed by atoms with Crippen molar-refractivity contribution in [2.24, 2.45) is 0 Å². The SMILES string of the molecule is Cc1c(-c2cccnc2)n[nH]c(=O)c1C. The predicted molar refractivity (Wildman–Crippen MR) is 57.6 cm³/mol. The van der Waals surface area contributed by atoms with Crippen LogP contribution >= 0.6 is 0 Å². The molecule has 2 rings (SSSR count). The first-order valence-electron chi connectivity index (χ1n) is 4.66. The van der Waals surface area contributed by atoms with Gasteiger partial charge in [0.2, 0.25) is 0 Å². The van der Waals surface area contributed by atoms with E-state index in [9.17, 15) is 4.79 Å². The van der Waals surface area contributed by atoms with Gasteiger partial charge in [-0.25, -0.2) is 5.10 Å². The summed E-state index contributed by atoms with van der Waals surface area (Å²) in [6.07, 6.45) is 3.43. The molecule has 0 aliphatic carbocycles. The molecule has 0 spiro atoms. The van der Waals surface area contributed by atoms with Crippen molar-refractivity contribution in [2.45, 2.75) is 13.8 Å². The lowest BCUT2D eigenvalue weighted by Gasteiger charge is -2.05. The van der Waals surface area contributed by atoms with Crippen LogP contribution in [0.1, 0.15) is 11.1 Å². The summed E-state index contributed by atoms with van der Waals surface area (Å²) in [5, 5.41) is 6.51. The maximum atomic E-state index is 11.3. The van der Waals surface area contributed by atoms with Crippen molar-refractivity contribution in [3.05, 3.63) is 46.0 Å². The number of nitrogens with zero attached hydrogens (tertiary/aromatic N) is 2. The molecule has 0 atom stereocenters. The Morgan fingerprint density at radius 3 is 2.73 bits per heavy atom. The molecule has 4 heteroatoms. The number of nitrogens with one attached hydrogen (secondary N) is 1. The van der Waals surface area contributed by atoms with E-state index in [2.05, 4.69) is 15.2 Å². The largest absolute Gasteiger partial charge is 0.268 e. The molecule has 0 unspecified atom stereocenters. The van der Waals surface area contributed by atoms with E-state index in [0.717, 1.165) is 16.8 Å². The van der Waals surface area contributed by atoms with Crippen molar-refractivity contribution in [1.29, 1.82) is 0 Å². The van der Waals surface area contributed by atoms with Gasteiger partial charge in [-0.05, 0) is 31.5 Å². The third-order valence-corrected chi connectivity index (χ3v) is 2.46. The molecule has 0 saturated heterocycles. The van der Waals surface area contributed by atoms with Crippen LogP contribution in [0.3, 0.4) is 0 Å². The standard InChI is InChI=1S/C11H11N3O/c1-7-8(2)11(15)14-13-10(7)9-4-3-5-12-6-9/h3-6H,1-2H3,(H,14,15). The molecule has 0 aliphatic heterocycles. The third-order valence-electron chi connectivity index (χ3n) is 2.46. The molecule has 0 amide bonds. The Morgan fingerprint density at radius 2 is 2.07 bits per heavy atom. The van der Waals surface area contributed by atoms with Crippen LogP contribution in [0.2, 0.25) is 0 Å². The van der Waals surface area contributed by atoms with Gasteiger partial charge in [-0.15, -0.1) is 0 Å². The monoisotopic (exact) mass is 201 g/mol. The van der Waals surface area contributed by atoms with E-state index in [1.807, 2.05) is 19.1 Å². The van der Waals surface area contributed by atoms with Crippen LogP contribution in [0, 0.1) is 13.8 Å². The minimum absolute atomic E-state index is 0.139. The molecule has 4 nitrogen and oxygen atoms in total. The molecule has 0 fully saturated rings. The van der Waals surface area contributed by atoms with Gasteiger partial charge in [-0.1, -0.05) is 0 Å². The van der Waals surface area contributed by atoms with Crippen LogP contribution in [0.4, 0.5) is 0 Å². The molecule has 1 N–H and O–H groups in total. The Hall–Kier alpha value is -1.97. The summed E-state index contributed by atoms with van der Waals surface area (Å²) in [4.78, 5) is 15.3. The van der Waals surface area contributed by atoms with Gasteiger partial charge < -0.3 is 0 Å². The molecule has 0 saturated carbocycles. The smallest absolute Gasteiger partial charge is 0.267 e. The van der Waals surface area contributed by atoms with Crippen molar-refractivity contribution >= 4 is 0 Å². The maximum Gasteiger partial charge on any atom is 0.267 e. The highest BCUT2D eigenvalue weighted by molar-refractivity contribution is 5.62. The second kappa shape index (κ2) is 3.65. The van der Waals surface area contributed by atoms with E-state index in [0.29, 0.717) is 5.56 Å². The minimum Gasteiger partial charge on any atom is -0.268 e. The summed E-state index contributed by atoms with van der Waals surface area (Å²) >= 11 is 0. The number of aromatic nitrogens is 3. The average Bonchev–Trinajstić information content (AvgIpc) is 2.27. The second-order valence-electron chi connectivity index (χ2n) is 3.39. The van der Waals surface area contributed by atoms with Crippen LogP contribution in [0.15, 0.2) is 29.3 Å². The molecular weight excluding hydrogens is 190 g/mol. The number of rotatable bonds is 1. The fourth-order valence-electron chi connectivity index (χ4n) is 1.41. The molecule has 2 aromatic heterocycles. The summed E-state index contributed by atoms with van der Waals surface area (Å²) < 4.78 is 0. The normalized spacial score (nSPS) is 10.3. The van der Waals surface area contributed by atoms with Gasteiger partial charge >= 0.3 is 0 Å². The first kappa shape index (κ1) is 9.58. The van der Waals surface area contributed by atoms with E-state index in [1.54, 1.807) is 19.3 Å². The van der Waals surface area contributed by atoms with Gasteiger partial charge in [0.15, 0.2) is 0 Å². The fourth-order valence-corrected chi connectivity index (χ4v) is 1.41. The summed E-state index contributed by atoms with van der Waals surface area (Å²) in [7, 11) is 0. The van der Waals surface area contributed by atoms with Gasteiger partial charge in [0.1, 0.15) is 0 Å². The number of pyridine rings is 1. The Labute approximate surface area is 87.0 Å². The molecular formula is C11H11N3O. The Bertz CT molecular complexity index is 531. The molecule has 0 bridgehead atoms. The lowest BCUT2D eigenvalue weighted by atomic mass is 10.1. The molecule has 0 radical (unpaired) electrons. The van der Waals surface area contributed by atoms with Gasteiger partial charge in [0.25, 0.3) is 5.56 Å². The number of H-pyrrole nitrogens is 1. The number of hydrogen-bond donors (Lipinski definition) is 1. The average molecular weight is 201 g/mol. The highest BCUT2D eigenvalue weighted by Crippen LogP contribution is 2.18. The Kier molecular flexibility index (Phi) is 2.33. The lowest BCUT2D eigenvalue weighted by molar-refractivity contribution is 0.957. The summed E-state index contributed by atoms with van der Waals surface area (Å²) in [6, 6.07) is 3.76. The van der Waals surface area contributed by atoms with Crippen LogP contribution in [-0.4, -0.2) is 15.2 Å². The van der Waals surface area contributed by atoms with Gasteiger partial charge in [0.05, 0.1) is 5.69 Å². The molecule has 2 heterocycles. The molecule has 15 heavy (non-hydrogen) atoms. The first-order valence-corrected chi connectivity index (χ1v) is 4.66. The third kappa shape index (κ3) is 1.66. The minimum atomic E-state index is -0.139. The van der Waals surface area contributed by atoms with Crippen molar-refractivity contribution in [3.8, 4) is 11.3 Å². The highest BCUT2D eigenvalue weighted by Gasteiger charge is 2.07. The van der Waals surface area contributed by atoms with Crippen LogP contribution in [0.25, 0.3) is 11.3 Å². The number of aromatic amines is 1. The maximum absolute atomic E-state index is 11.3. The summed E-state index contributed by atoms with van der Waals surface area (Å²) in [5.41, 5.74) is 3.14. The van der Waals surface area contributed by atoms with Crippen molar-refractivity contribution in [2.75, 3.05) is 0 Å². The lowest BCUT2D eigenvalue weighted by Crippen LogP contribution is -2.14. The highest BCUT2D eigenvalue weighted by atomic mass is 16.1. The number of hydrogen-bond acceptors (Lipinski definition) is 3. The van der Waals surface area contributed by atoms with E-state index in [4.69, 9.17) is 0 Å². The van der Waals surface area contributed by atoms with E-state index in [1.165, 1.54) is 0 Å². The van der Waals surface area contributed by atoms with Crippen LogP contribution in [-0.2, 0) is 0 Å². The van der Waals surface area contributed by atoms with Crippen molar-refractivity contribution in [3.63, 3.8) is 0 Å². The summed E-state index contributed by atoms with van der Waals surface area (Å²) in [5.74, 6) is 0. The summed E-state index contributed by atoms with van der Waals surface area (Å²) in [6.45, 7) is 3.68. The van der Waals surface area contributed by atoms with Crippen molar-refractivity contribution in [1.82, 2.24) is 15.2 Å². The molecule has 2 aromatic rings.